The molecule has 7 aromatic rings. The normalized spacial score (nSPS) is 15.1. The van der Waals surface area contributed by atoms with Crippen molar-refractivity contribution in [2.24, 2.45) is 0 Å². The second-order valence-corrected chi connectivity index (χ2v) is 13.7. The summed E-state index contributed by atoms with van der Waals surface area (Å²) in [4.78, 5) is 4.71. The van der Waals surface area contributed by atoms with Gasteiger partial charge in [-0.3, -0.25) is 0 Å². The number of rotatable bonds is 7. The number of anilines is 6. The quantitative estimate of drug-likeness (QED) is 0.162. The lowest BCUT2D eigenvalue weighted by atomic mass is 9.78. The van der Waals surface area contributed by atoms with Gasteiger partial charge in [-0.25, -0.2) is 0 Å². The van der Waals surface area contributed by atoms with E-state index in [1.54, 1.807) is 0 Å². The van der Waals surface area contributed by atoms with Crippen molar-refractivity contribution in [2.45, 2.75) is 38.9 Å². The van der Waals surface area contributed by atoms with E-state index in [0.29, 0.717) is 0 Å². The summed E-state index contributed by atoms with van der Waals surface area (Å²) < 4.78 is 13.4. The minimum absolute atomic E-state index is 0.489. The fraction of sp³-hybridized carbons (Fsp3) is 0.136. The number of nitrogens with zero attached hydrogens (tertiary/aromatic N) is 2. The van der Waals surface area contributed by atoms with Crippen molar-refractivity contribution < 1.29 is 9.31 Å². The van der Waals surface area contributed by atoms with Crippen molar-refractivity contribution in [3.8, 4) is 0 Å². The summed E-state index contributed by atoms with van der Waals surface area (Å²) in [7, 11) is -0.556. The molecule has 0 amide bonds. The molecule has 0 radical (unpaired) electrons. The summed E-state index contributed by atoms with van der Waals surface area (Å²) in [5, 5.41) is 4.71. The minimum atomic E-state index is -0.556. The van der Waals surface area contributed by atoms with Crippen molar-refractivity contribution in [1.82, 2.24) is 0 Å². The molecule has 5 heteroatoms. The number of hydrogen-bond acceptors (Lipinski definition) is 4. The average Bonchev–Trinajstić information content (AvgIpc) is 3.35. The molecule has 0 spiro atoms. The van der Waals surface area contributed by atoms with Gasteiger partial charge >= 0.3 is 7.12 Å². The van der Waals surface area contributed by atoms with E-state index in [0.717, 1.165) is 39.6 Å². The second kappa shape index (κ2) is 12.3. The third-order valence-corrected chi connectivity index (χ3v) is 10.0. The molecule has 7 aromatic carbocycles. The molecule has 1 aliphatic heterocycles. The first-order valence-corrected chi connectivity index (χ1v) is 17.0. The molecule has 0 bridgehead atoms. The van der Waals surface area contributed by atoms with E-state index < -0.39 is 18.3 Å². The monoisotopic (exact) mass is 638 g/mol. The Morgan fingerprint density at radius 3 is 1.24 bits per heavy atom. The number of hydrogen-bond donors (Lipinski definition) is 0. The van der Waals surface area contributed by atoms with E-state index in [1.165, 1.54) is 21.5 Å². The molecule has 1 heterocycles. The van der Waals surface area contributed by atoms with Gasteiger partial charge in [0.25, 0.3) is 0 Å². The highest BCUT2D eigenvalue weighted by Crippen LogP contribution is 2.44. The maximum absolute atomic E-state index is 6.72. The molecular weight excluding hydrogens is 599 g/mol. The van der Waals surface area contributed by atoms with E-state index in [4.69, 9.17) is 9.31 Å². The highest BCUT2D eigenvalue weighted by molar-refractivity contribution is 6.62. The first-order chi connectivity index (χ1) is 23.8. The van der Waals surface area contributed by atoms with Crippen molar-refractivity contribution in [3.63, 3.8) is 0 Å². The summed E-state index contributed by atoms with van der Waals surface area (Å²) in [5.74, 6) is 0. The van der Waals surface area contributed by atoms with E-state index in [9.17, 15) is 0 Å². The van der Waals surface area contributed by atoms with Crippen LogP contribution in [-0.2, 0) is 9.31 Å². The third-order valence-electron chi connectivity index (χ3n) is 10.0. The van der Waals surface area contributed by atoms with Crippen LogP contribution >= 0.6 is 0 Å². The van der Waals surface area contributed by atoms with Gasteiger partial charge < -0.3 is 19.1 Å². The highest BCUT2D eigenvalue weighted by Gasteiger charge is 2.52. The van der Waals surface area contributed by atoms with Crippen LogP contribution in [0.3, 0.4) is 0 Å². The van der Waals surface area contributed by atoms with Crippen molar-refractivity contribution in [3.05, 3.63) is 164 Å². The number of para-hydroxylation sites is 2. The highest BCUT2D eigenvalue weighted by atomic mass is 16.7. The standard InChI is InChI=1S/C44H39BN2O2/c1-43(2)44(3,4)49-45(48-43)34-29-37(46(35-21-7-5-8-22-35)41-27-15-19-32-17-11-13-25-39(32)41)31-38(30-34)47(36-23-9-6-10-24-36)42-28-16-20-33-18-12-14-26-40(33)42/h5-31H,1-4H3. The van der Waals surface area contributed by atoms with Gasteiger partial charge in [-0.1, -0.05) is 109 Å². The predicted octanol–water partition coefficient (Wildman–Crippen LogP) is 11.2. The Balaban J connectivity index is 1.42. The fourth-order valence-electron chi connectivity index (χ4n) is 6.81. The van der Waals surface area contributed by atoms with Crippen LogP contribution in [0.4, 0.5) is 34.1 Å². The lowest BCUT2D eigenvalue weighted by molar-refractivity contribution is 0.00578. The molecule has 8 rings (SSSR count). The third kappa shape index (κ3) is 5.65. The van der Waals surface area contributed by atoms with Crippen molar-refractivity contribution in [2.75, 3.05) is 9.80 Å². The number of fused-ring (bicyclic) bond motifs is 2. The second-order valence-electron chi connectivity index (χ2n) is 13.7. The Bertz CT molecular complexity index is 2100. The van der Waals surface area contributed by atoms with Gasteiger partial charge in [-0.2, -0.15) is 0 Å². The molecule has 1 aliphatic rings. The molecular formula is C44H39BN2O2. The van der Waals surface area contributed by atoms with E-state index in [1.807, 2.05) is 0 Å². The predicted molar refractivity (Wildman–Crippen MR) is 207 cm³/mol. The fourth-order valence-corrected chi connectivity index (χ4v) is 6.81. The molecule has 4 nitrogen and oxygen atoms in total. The van der Waals surface area contributed by atoms with Crippen LogP contribution in [0.2, 0.25) is 0 Å². The van der Waals surface area contributed by atoms with Gasteiger partial charge in [0.2, 0.25) is 0 Å². The zero-order valence-corrected chi connectivity index (χ0v) is 28.4. The Labute approximate surface area is 289 Å². The summed E-state index contributed by atoms with van der Waals surface area (Å²) in [6, 6.07) is 58.1. The Hall–Kier alpha value is -5.36. The topological polar surface area (TPSA) is 24.9 Å². The van der Waals surface area contributed by atoms with Crippen LogP contribution in [0.15, 0.2) is 164 Å². The van der Waals surface area contributed by atoms with Crippen LogP contribution < -0.4 is 15.3 Å². The zero-order valence-electron chi connectivity index (χ0n) is 28.4. The summed E-state index contributed by atoms with van der Waals surface area (Å²) in [5.41, 5.74) is 6.30. The lowest BCUT2D eigenvalue weighted by Crippen LogP contribution is -2.41. The maximum atomic E-state index is 6.72. The van der Waals surface area contributed by atoms with Crippen LogP contribution in [0, 0.1) is 0 Å². The molecule has 0 unspecified atom stereocenters. The first kappa shape index (κ1) is 30.9. The minimum Gasteiger partial charge on any atom is -0.399 e. The molecule has 49 heavy (non-hydrogen) atoms. The van der Waals surface area contributed by atoms with E-state index in [2.05, 4.69) is 201 Å². The Kier molecular flexibility index (Phi) is 7.75. The van der Waals surface area contributed by atoms with Crippen molar-refractivity contribution in [1.29, 1.82) is 0 Å². The van der Waals surface area contributed by atoms with Gasteiger partial charge in [-0.05, 0) is 98.5 Å². The maximum Gasteiger partial charge on any atom is 0.494 e. The van der Waals surface area contributed by atoms with Gasteiger partial charge in [-0.15, -0.1) is 0 Å². The first-order valence-electron chi connectivity index (χ1n) is 17.0. The number of benzene rings is 7. The molecule has 0 saturated carbocycles. The molecule has 0 aliphatic carbocycles. The van der Waals surface area contributed by atoms with E-state index in [-0.39, 0.29) is 0 Å². The summed E-state index contributed by atoms with van der Waals surface area (Å²) in [6.07, 6.45) is 0. The smallest absolute Gasteiger partial charge is 0.399 e. The summed E-state index contributed by atoms with van der Waals surface area (Å²) >= 11 is 0. The van der Waals surface area contributed by atoms with Crippen LogP contribution in [0.5, 0.6) is 0 Å². The van der Waals surface area contributed by atoms with Gasteiger partial charge in [0.15, 0.2) is 0 Å². The lowest BCUT2D eigenvalue weighted by Gasteiger charge is -2.32. The van der Waals surface area contributed by atoms with Gasteiger partial charge in [0, 0.05) is 33.5 Å². The SMILES string of the molecule is CC1(C)OB(c2cc(N(c3ccccc3)c3cccc4ccccc34)cc(N(c3ccccc3)c3cccc4ccccc34)c2)OC1(C)C. The largest absolute Gasteiger partial charge is 0.494 e. The molecule has 1 saturated heterocycles. The van der Waals surface area contributed by atoms with Gasteiger partial charge in [0.05, 0.1) is 22.6 Å². The molecule has 1 fully saturated rings. The van der Waals surface area contributed by atoms with E-state index >= 15 is 0 Å². The zero-order chi connectivity index (χ0) is 33.6. The van der Waals surface area contributed by atoms with Crippen molar-refractivity contribution >= 4 is 68.3 Å². The summed E-state index contributed by atoms with van der Waals surface area (Å²) in [6.45, 7) is 8.43. The van der Waals surface area contributed by atoms with Crippen LogP contribution in [0.1, 0.15) is 27.7 Å². The molecule has 240 valence electrons. The Morgan fingerprint density at radius 2 is 0.796 bits per heavy atom. The Morgan fingerprint density at radius 1 is 0.408 bits per heavy atom. The molecule has 0 aromatic heterocycles. The molecule has 0 N–H and O–H groups in total. The molecule has 0 atom stereocenters. The van der Waals surface area contributed by atoms with Crippen LogP contribution in [-0.4, -0.2) is 18.3 Å². The van der Waals surface area contributed by atoms with Crippen LogP contribution in [0.25, 0.3) is 21.5 Å². The van der Waals surface area contributed by atoms with Gasteiger partial charge in [0.1, 0.15) is 0 Å². The average molecular weight is 639 g/mol.